The maximum atomic E-state index is 2.43. The Kier molecular flexibility index (Phi) is 31.0. The summed E-state index contributed by atoms with van der Waals surface area (Å²) >= 11 is 0. The maximum Gasteiger partial charge on any atom is -0.0351 e. The molecular weight excluding hydrogens is 396 g/mol. The minimum Gasteiger partial charge on any atom is -0.0885 e. The van der Waals surface area contributed by atoms with Crippen LogP contribution < -0.4 is 0 Å². The number of unbranched alkanes of at least 4 members (excludes halogenated alkanes) is 24. The Balaban J connectivity index is 3.08. The molecule has 196 valence electrons. The van der Waals surface area contributed by atoms with E-state index in [2.05, 4.69) is 38.2 Å². The highest BCUT2D eigenvalue weighted by Crippen LogP contribution is 2.14. The number of hydrogen-bond donors (Lipinski definition) is 0. The fraction of sp³-hybridized carbons (Fsp3) is 0.879. The molecule has 0 aromatic heterocycles. The van der Waals surface area contributed by atoms with E-state index in [1.165, 1.54) is 173 Å². The molecule has 0 rings (SSSR count). The van der Waals surface area contributed by atoms with Gasteiger partial charge in [0, 0.05) is 0 Å². The molecule has 33 heavy (non-hydrogen) atoms. The highest BCUT2D eigenvalue weighted by Gasteiger charge is 1.95. The summed E-state index contributed by atoms with van der Waals surface area (Å²) in [6.07, 6.45) is 47.9. The smallest absolute Gasteiger partial charge is 0.0351 e. The van der Waals surface area contributed by atoms with Crippen LogP contribution in [0.5, 0.6) is 0 Å². The molecule has 0 heterocycles. The molecule has 0 bridgehead atoms. The van der Waals surface area contributed by atoms with Gasteiger partial charge in [0.2, 0.25) is 0 Å². The lowest BCUT2D eigenvalue weighted by atomic mass is 10.0. The van der Waals surface area contributed by atoms with Crippen LogP contribution in [0.3, 0.4) is 0 Å². The van der Waals surface area contributed by atoms with Gasteiger partial charge in [-0.15, -0.1) is 0 Å². The topological polar surface area (TPSA) is 0 Å². The molecule has 0 aromatic rings. The zero-order valence-electron chi connectivity index (χ0n) is 23.4. The molecule has 0 saturated carbocycles. The largest absolute Gasteiger partial charge is 0.0885 e. The number of allylic oxidation sites excluding steroid dienone is 4. The Hall–Kier alpha value is -0.520. The second-order valence-corrected chi connectivity index (χ2v) is 10.5. The lowest BCUT2D eigenvalue weighted by Crippen LogP contribution is -1.83. The van der Waals surface area contributed by atoms with Gasteiger partial charge in [-0.1, -0.05) is 160 Å². The van der Waals surface area contributed by atoms with E-state index in [4.69, 9.17) is 0 Å². The normalized spacial score (nSPS) is 11.9. The Morgan fingerprint density at radius 2 is 0.424 bits per heavy atom. The van der Waals surface area contributed by atoms with E-state index in [9.17, 15) is 0 Å². The second kappa shape index (κ2) is 31.5. The highest BCUT2D eigenvalue weighted by molar-refractivity contribution is 4.81. The molecule has 0 aliphatic rings. The Bertz CT molecular complexity index is 341. The fourth-order valence-corrected chi connectivity index (χ4v) is 4.67. The van der Waals surface area contributed by atoms with Gasteiger partial charge in [-0.05, 0) is 51.4 Å². The van der Waals surface area contributed by atoms with E-state index in [1.807, 2.05) is 0 Å². The van der Waals surface area contributed by atoms with Crippen molar-refractivity contribution in [1.82, 2.24) is 0 Å². The molecule has 0 aromatic carbocycles. The fourth-order valence-electron chi connectivity index (χ4n) is 4.67. The first-order chi connectivity index (χ1) is 16.4. The molecule has 0 unspecified atom stereocenters. The van der Waals surface area contributed by atoms with E-state index < -0.39 is 0 Å². The van der Waals surface area contributed by atoms with Crippen LogP contribution >= 0.6 is 0 Å². The van der Waals surface area contributed by atoms with Crippen LogP contribution in [0.4, 0.5) is 0 Å². The summed E-state index contributed by atoms with van der Waals surface area (Å²) in [5.74, 6) is 0. The SMILES string of the molecule is CCCCCC/C=C\CCCCCCCCCCCCCCCCC/C=C\CCCCCC. The predicted octanol–water partition coefficient (Wildman–Crippen LogP) is 12.7. The van der Waals surface area contributed by atoms with Gasteiger partial charge in [-0.2, -0.15) is 0 Å². The standard InChI is InChI=1S/C33H64/c1-3-5-7-9-11-13-15-17-19-21-23-25-27-29-31-33-32-30-28-26-24-22-20-18-16-14-12-10-8-6-4-2/h13-16H,3-12,17-33H2,1-2H3/b15-13-,16-14-. The van der Waals surface area contributed by atoms with Crippen molar-refractivity contribution in [3.8, 4) is 0 Å². The average Bonchev–Trinajstić information content (AvgIpc) is 2.83. The zero-order chi connectivity index (χ0) is 23.9. The summed E-state index contributed by atoms with van der Waals surface area (Å²) in [4.78, 5) is 0. The second-order valence-electron chi connectivity index (χ2n) is 10.5. The van der Waals surface area contributed by atoms with Crippen molar-refractivity contribution in [2.75, 3.05) is 0 Å². The molecule has 0 nitrogen and oxygen atoms in total. The lowest BCUT2D eigenvalue weighted by molar-refractivity contribution is 0.531. The first-order valence-electron chi connectivity index (χ1n) is 15.7. The lowest BCUT2D eigenvalue weighted by Gasteiger charge is -2.03. The van der Waals surface area contributed by atoms with Gasteiger partial charge in [0.1, 0.15) is 0 Å². The number of rotatable bonds is 28. The van der Waals surface area contributed by atoms with Crippen molar-refractivity contribution in [2.24, 2.45) is 0 Å². The van der Waals surface area contributed by atoms with E-state index >= 15 is 0 Å². The summed E-state index contributed by atoms with van der Waals surface area (Å²) < 4.78 is 0. The van der Waals surface area contributed by atoms with Crippen molar-refractivity contribution in [3.05, 3.63) is 24.3 Å². The van der Waals surface area contributed by atoms with Crippen LogP contribution in [0.2, 0.25) is 0 Å². The predicted molar refractivity (Wildman–Crippen MR) is 154 cm³/mol. The molecule has 0 saturated heterocycles. The molecule has 0 spiro atoms. The molecule has 0 radical (unpaired) electrons. The average molecular weight is 461 g/mol. The van der Waals surface area contributed by atoms with Crippen molar-refractivity contribution in [3.63, 3.8) is 0 Å². The van der Waals surface area contributed by atoms with Crippen LogP contribution in [0.25, 0.3) is 0 Å². The van der Waals surface area contributed by atoms with Gasteiger partial charge in [0.15, 0.2) is 0 Å². The molecular formula is C33H64. The van der Waals surface area contributed by atoms with Gasteiger partial charge in [-0.25, -0.2) is 0 Å². The summed E-state index contributed by atoms with van der Waals surface area (Å²) in [6, 6.07) is 0. The quantitative estimate of drug-likeness (QED) is 0.0804. The number of hydrogen-bond acceptors (Lipinski definition) is 0. The summed E-state index contributed by atoms with van der Waals surface area (Å²) in [5.41, 5.74) is 0. The van der Waals surface area contributed by atoms with Gasteiger partial charge in [0.25, 0.3) is 0 Å². The van der Waals surface area contributed by atoms with Crippen molar-refractivity contribution in [2.45, 2.75) is 187 Å². The van der Waals surface area contributed by atoms with Crippen molar-refractivity contribution < 1.29 is 0 Å². The van der Waals surface area contributed by atoms with E-state index in [-0.39, 0.29) is 0 Å². The van der Waals surface area contributed by atoms with Gasteiger partial charge < -0.3 is 0 Å². The molecule has 0 heteroatoms. The minimum atomic E-state index is 1.30. The van der Waals surface area contributed by atoms with Crippen LogP contribution in [0.15, 0.2) is 24.3 Å². The van der Waals surface area contributed by atoms with E-state index in [1.54, 1.807) is 0 Å². The molecule has 0 N–H and O–H groups in total. The Morgan fingerprint density at radius 1 is 0.242 bits per heavy atom. The van der Waals surface area contributed by atoms with E-state index in [0.717, 1.165) is 0 Å². The zero-order valence-corrected chi connectivity index (χ0v) is 23.4. The van der Waals surface area contributed by atoms with Gasteiger partial charge in [0.05, 0.1) is 0 Å². The van der Waals surface area contributed by atoms with Crippen LogP contribution in [0, 0.1) is 0 Å². The summed E-state index contributed by atoms with van der Waals surface area (Å²) in [7, 11) is 0. The van der Waals surface area contributed by atoms with Gasteiger partial charge in [-0.3, -0.25) is 0 Å². The monoisotopic (exact) mass is 461 g/mol. The van der Waals surface area contributed by atoms with Crippen molar-refractivity contribution in [1.29, 1.82) is 0 Å². The third-order valence-corrected chi connectivity index (χ3v) is 7.02. The van der Waals surface area contributed by atoms with Crippen LogP contribution in [-0.4, -0.2) is 0 Å². The molecule has 0 aliphatic carbocycles. The third kappa shape index (κ3) is 31.5. The highest BCUT2D eigenvalue weighted by atomic mass is 14.0. The molecule has 0 atom stereocenters. The summed E-state index contributed by atoms with van der Waals surface area (Å²) in [6.45, 7) is 4.58. The van der Waals surface area contributed by atoms with Crippen molar-refractivity contribution >= 4 is 0 Å². The minimum absolute atomic E-state index is 1.30. The molecule has 0 amide bonds. The van der Waals surface area contributed by atoms with Gasteiger partial charge >= 0.3 is 0 Å². The Labute approximate surface area is 211 Å². The molecule has 0 fully saturated rings. The Morgan fingerprint density at radius 3 is 0.636 bits per heavy atom. The maximum absolute atomic E-state index is 2.43. The summed E-state index contributed by atoms with van der Waals surface area (Å²) in [5, 5.41) is 0. The third-order valence-electron chi connectivity index (χ3n) is 7.02. The molecule has 0 aliphatic heterocycles. The van der Waals surface area contributed by atoms with Crippen LogP contribution in [0.1, 0.15) is 187 Å². The van der Waals surface area contributed by atoms with E-state index in [0.29, 0.717) is 0 Å². The first-order valence-corrected chi connectivity index (χ1v) is 15.7. The van der Waals surface area contributed by atoms with Crippen LogP contribution in [-0.2, 0) is 0 Å². The first kappa shape index (κ1) is 32.5.